The van der Waals surface area contributed by atoms with Gasteiger partial charge in [0.15, 0.2) is 0 Å². The van der Waals surface area contributed by atoms with Crippen LogP contribution in [0.2, 0.25) is 0 Å². The summed E-state index contributed by atoms with van der Waals surface area (Å²) in [4.78, 5) is 0. The van der Waals surface area contributed by atoms with Gasteiger partial charge in [0.05, 0.1) is 7.57 Å². The lowest BCUT2D eigenvalue weighted by atomic mass is 10.2. The summed E-state index contributed by atoms with van der Waals surface area (Å²) in [5, 5.41) is 3.43. The maximum atomic E-state index is 5.48. The first-order chi connectivity index (χ1) is 6.63. The van der Waals surface area contributed by atoms with E-state index in [1.54, 1.807) is 11.3 Å². The lowest BCUT2D eigenvalue weighted by Crippen LogP contribution is -2.27. The van der Waals surface area contributed by atoms with Crippen LogP contribution >= 0.6 is 43.2 Å². The third-order valence-electron chi connectivity index (χ3n) is 1.97. The minimum absolute atomic E-state index is 0.477. The van der Waals surface area contributed by atoms with Crippen molar-refractivity contribution in [3.05, 3.63) is 19.2 Å². The summed E-state index contributed by atoms with van der Waals surface area (Å²) >= 11 is 8.69. The Morgan fingerprint density at radius 1 is 1.57 bits per heavy atom. The first kappa shape index (κ1) is 12.6. The van der Waals surface area contributed by atoms with Crippen molar-refractivity contribution in [1.82, 2.24) is 5.32 Å². The van der Waals surface area contributed by atoms with Gasteiger partial charge in [0.2, 0.25) is 0 Å². The van der Waals surface area contributed by atoms with Crippen molar-refractivity contribution in [3.63, 3.8) is 0 Å². The predicted octanol–water partition coefficient (Wildman–Crippen LogP) is 3.10. The highest BCUT2D eigenvalue weighted by Gasteiger charge is 2.06. The molecule has 0 bridgehead atoms. The minimum Gasteiger partial charge on any atom is -0.330 e. The molecule has 0 aromatic carbocycles. The summed E-state index contributed by atoms with van der Waals surface area (Å²) in [5.74, 6) is 0. The average Bonchev–Trinajstić information content (AvgIpc) is 2.42. The molecule has 1 unspecified atom stereocenters. The zero-order valence-corrected chi connectivity index (χ0v) is 12.0. The molecule has 0 aliphatic heterocycles. The maximum Gasteiger partial charge on any atom is 0.0755 e. The van der Waals surface area contributed by atoms with E-state index in [-0.39, 0.29) is 0 Å². The molecule has 1 rings (SSSR count). The van der Waals surface area contributed by atoms with E-state index in [1.165, 1.54) is 9.35 Å². The highest BCUT2D eigenvalue weighted by Crippen LogP contribution is 2.31. The largest absolute Gasteiger partial charge is 0.330 e. The summed E-state index contributed by atoms with van der Waals surface area (Å²) in [6.07, 6.45) is 1.02. The Bertz CT molecular complexity index is 288. The molecular weight excluding hydrogens is 328 g/mol. The summed E-state index contributed by atoms with van der Waals surface area (Å²) in [6, 6.07) is 2.61. The molecule has 1 aromatic heterocycles. The van der Waals surface area contributed by atoms with Crippen molar-refractivity contribution in [2.24, 2.45) is 5.73 Å². The molecule has 5 heteroatoms. The van der Waals surface area contributed by atoms with Gasteiger partial charge in [-0.3, -0.25) is 0 Å². The van der Waals surface area contributed by atoms with Gasteiger partial charge in [-0.25, -0.2) is 0 Å². The van der Waals surface area contributed by atoms with Gasteiger partial charge in [0, 0.05) is 12.6 Å². The standard InChI is InChI=1S/C9H14Br2N2S/c1-6(2-3-12)13-5-7-4-8(10)14-9(7)11/h4,6,13H,2-3,5,12H2,1H3. The van der Waals surface area contributed by atoms with Crippen LogP contribution in [0.1, 0.15) is 18.9 Å². The molecule has 14 heavy (non-hydrogen) atoms. The topological polar surface area (TPSA) is 38.0 Å². The molecule has 0 fully saturated rings. The molecule has 1 aromatic rings. The molecule has 0 radical (unpaired) electrons. The van der Waals surface area contributed by atoms with Crippen LogP contribution in [0.5, 0.6) is 0 Å². The van der Waals surface area contributed by atoms with Crippen LogP contribution in [-0.4, -0.2) is 12.6 Å². The van der Waals surface area contributed by atoms with Crippen molar-refractivity contribution in [3.8, 4) is 0 Å². The van der Waals surface area contributed by atoms with Gasteiger partial charge in [-0.1, -0.05) is 0 Å². The van der Waals surface area contributed by atoms with Crippen LogP contribution in [-0.2, 0) is 6.54 Å². The smallest absolute Gasteiger partial charge is 0.0755 e. The van der Waals surface area contributed by atoms with E-state index in [4.69, 9.17) is 5.73 Å². The second kappa shape index (κ2) is 6.23. The van der Waals surface area contributed by atoms with E-state index in [1.807, 2.05) is 0 Å². The van der Waals surface area contributed by atoms with E-state index in [9.17, 15) is 0 Å². The Kier molecular flexibility index (Phi) is 5.62. The average molecular weight is 342 g/mol. The maximum absolute atomic E-state index is 5.48. The third-order valence-corrected chi connectivity index (χ3v) is 4.43. The SMILES string of the molecule is CC(CCN)NCc1cc(Br)sc1Br. The molecule has 0 aliphatic rings. The molecule has 0 saturated carbocycles. The lowest BCUT2D eigenvalue weighted by molar-refractivity contribution is 0.520. The first-order valence-corrected chi connectivity index (χ1v) is 6.91. The van der Waals surface area contributed by atoms with Crippen LogP contribution in [0.3, 0.4) is 0 Å². The number of hydrogen-bond acceptors (Lipinski definition) is 3. The van der Waals surface area contributed by atoms with Crippen molar-refractivity contribution in [2.75, 3.05) is 6.54 Å². The van der Waals surface area contributed by atoms with Gasteiger partial charge >= 0.3 is 0 Å². The Hall–Kier alpha value is 0.580. The fraction of sp³-hybridized carbons (Fsp3) is 0.556. The number of halogens is 2. The van der Waals surface area contributed by atoms with E-state index in [0.29, 0.717) is 6.04 Å². The van der Waals surface area contributed by atoms with Gasteiger partial charge in [0.1, 0.15) is 0 Å². The third kappa shape index (κ3) is 3.98. The van der Waals surface area contributed by atoms with Crippen molar-refractivity contribution in [2.45, 2.75) is 25.9 Å². The van der Waals surface area contributed by atoms with E-state index in [2.05, 4.69) is 50.2 Å². The fourth-order valence-electron chi connectivity index (χ4n) is 1.13. The second-order valence-electron chi connectivity index (χ2n) is 3.21. The van der Waals surface area contributed by atoms with Gasteiger partial charge in [-0.2, -0.15) is 0 Å². The fourth-order valence-corrected chi connectivity index (χ4v) is 3.96. The van der Waals surface area contributed by atoms with E-state index in [0.717, 1.165) is 23.3 Å². The summed E-state index contributed by atoms with van der Waals surface area (Å²) in [7, 11) is 0. The van der Waals surface area contributed by atoms with Crippen LogP contribution in [0, 0.1) is 0 Å². The molecule has 0 spiro atoms. The summed E-state index contributed by atoms with van der Waals surface area (Å²) in [5.41, 5.74) is 6.77. The van der Waals surface area contributed by atoms with Gasteiger partial charge in [-0.05, 0) is 63.4 Å². The number of nitrogens with two attached hydrogens (primary N) is 1. The lowest BCUT2D eigenvalue weighted by Gasteiger charge is -2.11. The van der Waals surface area contributed by atoms with Gasteiger partial charge in [-0.15, -0.1) is 11.3 Å². The van der Waals surface area contributed by atoms with Crippen LogP contribution in [0.25, 0.3) is 0 Å². The number of nitrogens with one attached hydrogen (secondary N) is 1. The Morgan fingerprint density at radius 3 is 2.79 bits per heavy atom. The van der Waals surface area contributed by atoms with Gasteiger partial charge < -0.3 is 11.1 Å². The second-order valence-corrected chi connectivity index (χ2v) is 6.96. The van der Waals surface area contributed by atoms with Crippen LogP contribution in [0.4, 0.5) is 0 Å². The molecule has 1 atom stereocenters. The number of rotatable bonds is 5. The Balaban J connectivity index is 2.41. The van der Waals surface area contributed by atoms with Crippen molar-refractivity contribution >= 4 is 43.2 Å². The zero-order chi connectivity index (χ0) is 10.6. The van der Waals surface area contributed by atoms with Crippen molar-refractivity contribution in [1.29, 1.82) is 0 Å². The zero-order valence-electron chi connectivity index (χ0n) is 8.02. The number of thiophene rings is 1. The van der Waals surface area contributed by atoms with Gasteiger partial charge in [0.25, 0.3) is 0 Å². The normalized spacial score (nSPS) is 13.1. The van der Waals surface area contributed by atoms with E-state index >= 15 is 0 Å². The van der Waals surface area contributed by atoms with Crippen LogP contribution < -0.4 is 11.1 Å². The Morgan fingerprint density at radius 2 is 2.29 bits per heavy atom. The van der Waals surface area contributed by atoms with Crippen molar-refractivity contribution < 1.29 is 0 Å². The molecule has 0 amide bonds. The quantitative estimate of drug-likeness (QED) is 0.863. The van der Waals surface area contributed by atoms with Crippen LogP contribution in [0.15, 0.2) is 13.6 Å². The predicted molar refractivity (Wildman–Crippen MR) is 69.7 cm³/mol. The first-order valence-electron chi connectivity index (χ1n) is 4.50. The number of hydrogen-bond donors (Lipinski definition) is 2. The molecule has 0 aliphatic carbocycles. The molecule has 3 N–H and O–H groups in total. The summed E-state index contributed by atoms with van der Waals surface area (Å²) < 4.78 is 2.35. The molecule has 2 nitrogen and oxygen atoms in total. The monoisotopic (exact) mass is 340 g/mol. The molecule has 0 saturated heterocycles. The molecule has 1 heterocycles. The summed E-state index contributed by atoms with van der Waals surface area (Å²) in [6.45, 7) is 3.79. The molecule has 80 valence electrons. The highest BCUT2D eigenvalue weighted by atomic mass is 79.9. The molecular formula is C9H14Br2N2S. The Labute approximate surface area is 106 Å². The minimum atomic E-state index is 0.477. The highest BCUT2D eigenvalue weighted by molar-refractivity contribution is 9.12. The van der Waals surface area contributed by atoms with E-state index < -0.39 is 0 Å².